The molecule has 0 heterocycles. The number of benzene rings is 1. The van der Waals surface area contributed by atoms with Crippen molar-refractivity contribution in [3.8, 4) is 12.3 Å². The molecule has 92 valence electrons. The van der Waals surface area contributed by atoms with Crippen LogP contribution < -0.4 is 0 Å². The number of carbonyl (C=O) groups is 1. The zero-order valence-electron chi connectivity index (χ0n) is 10.4. The Bertz CT molecular complexity index is 466. The molecular formula is C16H17NO. The van der Waals surface area contributed by atoms with Crippen molar-refractivity contribution in [2.75, 3.05) is 13.1 Å². The number of carbonyl (C=O) groups excluding carboxylic acids is 1. The van der Waals surface area contributed by atoms with Crippen molar-refractivity contribution in [3.05, 3.63) is 42.0 Å². The van der Waals surface area contributed by atoms with Crippen molar-refractivity contribution in [1.82, 2.24) is 4.90 Å². The van der Waals surface area contributed by atoms with Crippen LogP contribution in [0, 0.1) is 18.3 Å². The lowest BCUT2D eigenvalue weighted by atomic mass is 10.2. The largest absolute Gasteiger partial charge is 0.328 e. The normalized spacial score (nSPS) is 14.4. The highest BCUT2D eigenvalue weighted by molar-refractivity contribution is 5.91. The molecule has 0 saturated heterocycles. The van der Waals surface area contributed by atoms with Gasteiger partial charge in [-0.1, -0.05) is 36.3 Å². The highest BCUT2D eigenvalue weighted by Crippen LogP contribution is 2.29. The Morgan fingerprint density at radius 2 is 2.11 bits per heavy atom. The van der Waals surface area contributed by atoms with Gasteiger partial charge in [0.05, 0.1) is 6.54 Å². The van der Waals surface area contributed by atoms with Crippen molar-refractivity contribution < 1.29 is 4.79 Å². The van der Waals surface area contributed by atoms with Crippen LogP contribution in [0.3, 0.4) is 0 Å². The van der Waals surface area contributed by atoms with E-state index in [4.69, 9.17) is 6.42 Å². The molecule has 1 fully saturated rings. The van der Waals surface area contributed by atoms with Gasteiger partial charge in [-0.2, -0.15) is 0 Å². The summed E-state index contributed by atoms with van der Waals surface area (Å²) in [5.74, 6) is 3.21. The minimum atomic E-state index is 0.00343. The van der Waals surface area contributed by atoms with E-state index in [1.807, 2.05) is 36.4 Å². The van der Waals surface area contributed by atoms with Gasteiger partial charge in [0, 0.05) is 12.6 Å². The summed E-state index contributed by atoms with van der Waals surface area (Å²) in [6.07, 6.45) is 11.2. The van der Waals surface area contributed by atoms with Gasteiger partial charge in [-0.3, -0.25) is 4.79 Å². The van der Waals surface area contributed by atoms with Gasteiger partial charge in [0.2, 0.25) is 5.91 Å². The van der Waals surface area contributed by atoms with Gasteiger partial charge in [0.25, 0.3) is 0 Å². The Hall–Kier alpha value is -2.01. The van der Waals surface area contributed by atoms with Crippen LogP contribution in [0.15, 0.2) is 36.4 Å². The molecule has 0 spiro atoms. The number of hydrogen-bond acceptors (Lipinski definition) is 1. The second-order valence-corrected chi connectivity index (χ2v) is 4.61. The van der Waals surface area contributed by atoms with Crippen LogP contribution in [0.1, 0.15) is 18.4 Å². The van der Waals surface area contributed by atoms with E-state index >= 15 is 0 Å². The Morgan fingerprint density at radius 3 is 2.72 bits per heavy atom. The molecule has 0 bridgehead atoms. The van der Waals surface area contributed by atoms with E-state index in [9.17, 15) is 4.79 Å². The molecule has 1 aliphatic rings. The average molecular weight is 239 g/mol. The highest BCUT2D eigenvalue weighted by atomic mass is 16.2. The summed E-state index contributed by atoms with van der Waals surface area (Å²) < 4.78 is 0. The Kier molecular flexibility index (Phi) is 4.20. The molecule has 2 heteroatoms. The molecular weight excluding hydrogens is 222 g/mol. The van der Waals surface area contributed by atoms with Gasteiger partial charge in [-0.15, -0.1) is 6.42 Å². The van der Waals surface area contributed by atoms with Crippen LogP contribution in [0.25, 0.3) is 6.08 Å². The summed E-state index contributed by atoms with van der Waals surface area (Å²) in [5, 5.41) is 0. The van der Waals surface area contributed by atoms with Crippen LogP contribution >= 0.6 is 0 Å². The lowest BCUT2D eigenvalue weighted by Crippen LogP contribution is -2.31. The lowest BCUT2D eigenvalue weighted by Gasteiger charge is -2.17. The number of hydrogen-bond donors (Lipinski definition) is 0. The molecule has 18 heavy (non-hydrogen) atoms. The van der Waals surface area contributed by atoms with Crippen LogP contribution in [0.2, 0.25) is 0 Å². The third-order valence-electron chi connectivity index (χ3n) is 2.99. The maximum Gasteiger partial charge on any atom is 0.247 e. The third-order valence-corrected chi connectivity index (χ3v) is 2.99. The van der Waals surface area contributed by atoms with Gasteiger partial charge in [0.1, 0.15) is 0 Å². The SMILES string of the molecule is C#CCN(CC1CC1)C(=O)/C=C/c1ccccc1. The van der Waals surface area contributed by atoms with Gasteiger partial charge < -0.3 is 4.90 Å². The zero-order valence-corrected chi connectivity index (χ0v) is 10.4. The first-order valence-electron chi connectivity index (χ1n) is 6.25. The monoisotopic (exact) mass is 239 g/mol. The zero-order chi connectivity index (χ0) is 12.8. The van der Waals surface area contributed by atoms with Crippen molar-refractivity contribution in [2.24, 2.45) is 5.92 Å². The van der Waals surface area contributed by atoms with Gasteiger partial charge in [-0.25, -0.2) is 0 Å². The van der Waals surface area contributed by atoms with Crippen molar-refractivity contribution in [2.45, 2.75) is 12.8 Å². The second kappa shape index (κ2) is 6.07. The summed E-state index contributed by atoms with van der Waals surface area (Å²) in [6, 6.07) is 9.80. The number of rotatable bonds is 5. The molecule has 1 aromatic rings. The van der Waals surface area contributed by atoms with Crippen LogP contribution in [0.5, 0.6) is 0 Å². The second-order valence-electron chi connectivity index (χ2n) is 4.61. The van der Waals surface area contributed by atoms with Gasteiger partial charge >= 0.3 is 0 Å². The number of amides is 1. The van der Waals surface area contributed by atoms with Gasteiger partial charge in [-0.05, 0) is 30.4 Å². The fourth-order valence-electron chi connectivity index (χ4n) is 1.79. The van der Waals surface area contributed by atoms with E-state index in [-0.39, 0.29) is 5.91 Å². The quantitative estimate of drug-likeness (QED) is 0.571. The van der Waals surface area contributed by atoms with Crippen LogP contribution in [-0.4, -0.2) is 23.9 Å². The Balaban J connectivity index is 1.95. The van der Waals surface area contributed by atoms with E-state index < -0.39 is 0 Å². The van der Waals surface area contributed by atoms with E-state index in [0.717, 1.165) is 12.1 Å². The average Bonchev–Trinajstić information content (AvgIpc) is 3.21. The summed E-state index contributed by atoms with van der Waals surface area (Å²) in [5.41, 5.74) is 1.03. The molecule has 0 aromatic heterocycles. The predicted octanol–water partition coefficient (Wildman–Crippen LogP) is 2.57. The molecule has 1 amide bonds. The van der Waals surface area contributed by atoms with E-state index in [2.05, 4.69) is 5.92 Å². The minimum Gasteiger partial charge on any atom is -0.328 e. The predicted molar refractivity (Wildman–Crippen MR) is 73.6 cm³/mol. The maximum atomic E-state index is 12.0. The standard InChI is InChI=1S/C16H17NO/c1-2-12-17(13-15-8-9-15)16(18)11-10-14-6-4-3-5-7-14/h1,3-7,10-11,15H,8-9,12-13H2/b11-10+. The van der Waals surface area contributed by atoms with Crippen LogP contribution in [0.4, 0.5) is 0 Å². The van der Waals surface area contributed by atoms with Crippen LogP contribution in [-0.2, 0) is 4.79 Å². The van der Waals surface area contributed by atoms with Gasteiger partial charge in [0.15, 0.2) is 0 Å². The minimum absolute atomic E-state index is 0.00343. The Morgan fingerprint density at radius 1 is 1.39 bits per heavy atom. The van der Waals surface area contributed by atoms with Crippen molar-refractivity contribution in [1.29, 1.82) is 0 Å². The van der Waals surface area contributed by atoms with E-state index in [1.165, 1.54) is 12.8 Å². The highest BCUT2D eigenvalue weighted by Gasteiger charge is 2.25. The topological polar surface area (TPSA) is 20.3 Å². The summed E-state index contributed by atoms with van der Waals surface area (Å²) in [6.45, 7) is 1.19. The van der Waals surface area contributed by atoms with Crippen molar-refractivity contribution in [3.63, 3.8) is 0 Å². The molecule has 1 aromatic carbocycles. The molecule has 1 saturated carbocycles. The molecule has 2 rings (SSSR count). The molecule has 0 unspecified atom stereocenters. The summed E-state index contributed by atoms with van der Waals surface area (Å²) in [7, 11) is 0. The maximum absolute atomic E-state index is 12.0. The number of terminal acetylenes is 1. The van der Waals surface area contributed by atoms with E-state index in [0.29, 0.717) is 12.5 Å². The fourth-order valence-corrected chi connectivity index (χ4v) is 1.79. The molecule has 0 N–H and O–H groups in total. The smallest absolute Gasteiger partial charge is 0.247 e. The molecule has 2 nitrogen and oxygen atoms in total. The summed E-state index contributed by atoms with van der Waals surface area (Å²) in [4.78, 5) is 13.8. The first-order chi connectivity index (χ1) is 8.79. The molecule has 0 radical (unpaired) electrons. The summed E-state index contributed by atoms with van der Waals surface area (Å²) >= 11 is 0. The Labute approximate surface area is 108 Å². The first-order valence-corrected chi connectivity index (χ1v) is 6.25. The molecule has 0 aliphatic heterocycles. The fraction of sp³-hybridized carbons (Fsp3) is 0.312. The van der Waals surface area contributed by atoms with Crippen molar-refractivity contribution >= 4 is 12.0 Å². The molecule has 0 atom stereocenters. The first kappa shape index (κ1) is 12.4. The van der Waals surface area contributed by atoms with E-state index in [1.54, 1.807) is 11.0 Å². The third kappa shape index (κ3) is 3.78. The lowest BCUT2D eigenvalue weighted by molar-refractivity contribution is -0.125. The molecule has 1 aliphatic carbocycles. The number of nitrogens with zero attached hydrogens (tertiary/aromatic N) is 1.